The second-order valence-electron chi connectivity index (χ2n) is 6.49. The second-order valence-corrected chi connectivity index (χ2v) is 8.47. The Labute approximate surface area is 135 Å². The Morgan fingerprint density at radius 1 is 1.48 bits per heavy atom. The first-order valence-electron chi connectivity index (χ1n) is 7.53. The van der Waals surface area contributed by atoms with Crippen LogP contribution in [0.5, 0.6) is 0 Å². The summed E-state index contributed by atoms with van der Waals surface area (Å²) in [6.07, 6.45) is 4.49. The molecule has 23 heavy (non-hydrogen) atoms. The molecule has 1 saturated heterocycles. The van der Waals surface area contributed by atoms with E-state index in [1.54, 1.807) is 6.92 Å². The molecule has 2 aromatic rings. The summed E-state index contributed by atoms with van der Waals surface area (Å²) in [5.41, 5.74) is 0.389. The molecule has 0 saturated carbocycles. The van der Waals surface area contributed by atoms with Crippen molar-refractivity contribution in [3.8, 4) is 0 Å². The number of hydrogen-bond acceptors (Lipinski definition) is 7. The van der Waals surface area contributed by atoms with Gasteiger partial charge in [-0.3, -0.25) is 10.00 Å². The molecule has 3 heterocycles. The van der Waals surface area contributed by atoms with Crippen molar-refractivity contribution in [2.24, 2.45) is 0 Å². The molecule has 1 atom stereocenters. The number of H-pyrrole nitrogens is 1. The molecule has 0 aliphatic carbocycles. The highest BCUT2D eigenvalue weighted by atomic mass is 32.2. The summed E-state index contributed by atoms with van der Waals surface area (Å²) in [6, 6.07) is 0. The average Bonchev–Trinajstić information content (AvgIpc) is 3.07. The predicted octanol–water partition coefficient (Wildman–Crippen LogP) is 1.06. The van der Waals surface area contributed by atoms with Gasteiger partial charge >= 0.3 is 0 Å². The first-order chi connectivity index (χ1) is 10.8. The largest absolute Gasteiger partial charge is 0.340 e. The number of aromatic nitrogens is 4. The molecule has 0 amide bonds. The molecule has 2 aromatic heterocycles. The van der Waals surface area contributed by atoms with Crippen LogP contribution in [0.3, 0.4) is 0 Å². The number of aromatic amines is 1. The average molecular weight is 339 g/mol. The first kappa shape index (κ1) is 16.1. The standard InChI is InChI=1S/C14H21N5O3S/c1-10-16-12(18-22-10)8-19-6-4-5-14(2,9-19)13-11(7-15-17-13)23(3,20)21/h7H,4-6,8-9H2,1-3H3,(H,15,17)/t14-/m1/s1. The normalized spacial score (nSPS) is 23.3. The van der Waals surface area contributed by atoms with Gasteiger partial charge in [-0.05, 0) is 19.4 Å². The Kier molecular flexibility index (Phi) is 4.01. The lowest BCUT2D eigenvalue weighted by atomic mass is 9.79. The lowest BCUT2D eigenvalue weighted by Crippen LogP contribution is -2.44. The molecular formula is C14H21N5O3S. The van der Waals surface area contributed by atoms with E-state index < -0.39 is 9.84 Å². The molecule has 3 rings (SSSR count). The highest BCUT2D eigenvalue weighted by Crippen LogP contribution is 2.36. The van der Waals surface area contributed by atoms with Crippen LogP contribution in [-0.2, 0) is 21.8 Å². The number of hydrogen-bond donors (Lipinski definition) is 1. The maximum atomic E-state index is 12.0. The third-order valence-corrected chi connectivity index (χ3v) is 5.43. The number of nitrogens with zero attached hydrogens (tertiary/aromatic N) is 4. The molecule has 0 spiro atoms. The van der Waals surface area contributed by atoms with Gasteiger partial charge in [0.05, 0.1) is 18.4 Å². The number of likely N-dealkylation sites (tertiary alicyclic amines) is 1. The smallest absolute Gasteiger partial charge is 0.223 e. The zero-order chi connectivity index (χ0) is 16.7. The number of rotatable bonds is 4. The fourth-order valence-corrected chi connectivity index (χ4v) is 4.18. The van der Waals surface area contributed by atoms with E-state index in [0.717, 1.165) is 19.4 Å². The number of sulfone groups is 1. The molecule has 126 valence electrons. The van der Waals surface area contributed by atoms with Crippen molar-refractivity contribution in [2.45, 2.75) is 43.5 Å². The van der Waals surface area contributed by atoms with Crippen LogP contribution >= 0.6 is 0 Å². The third-order valence-electron chi connectivity index (χ3n) is 4.32. The summed E-state index contributed by atoms with van der Waals surface area (Å²) in [5.74, 6) is 1.20. The van der Waals surface area contributed by atoms with Gasteiger partial charge in [0.25, 0.3) is 0 Å². The lowest BCUT2D eigenvalue weighted by molar-refractivity contribution is 0.141. The zero-order valence-electron chi connectivity index (χ0n) is 13.5. The van der Waals surface area contributed by atoms with Crippen LogP contribution in [0.25, 0.3) is 0 Å². The zero-order valence-corrected chi connectivity index (χ0v) is 14.4. The van der Waals surface area contributed by atoms with E-state index in [4.69, 9.17) is 4.52 Å². The van der Waals surface area contributed by atoms with E-state index in [1.165, 1.54) is 12.5 Å². The van der Waals surface area contributed by atoms with Crippen LogP contribution in [0.2, 0.25) is 0 Å². The van der Waals surface area contributed by atoms with Gasteiger partial charge in [0.15, 0.2) is 15.7 Å². The van der Waals surface area contributed by atoms with E-state index in [0.29, 0.717) is 30.5 Å². The molecule has 0 unspecified atom stereocenters. The van der Waals surface area contributed by atoms with E-state index in [9.17, 15) is 8.42 Å². The van der Waals surface area contributed by atoms with Crippen molar-refractivity contribution in [1.29, 1.82) is 0 Å². The SMILES string of the molecule is Cc1nc(CN2CCC[C@@](C)(c3[nH]ncc3S(C)(=O)=O)C2)no1. The van der Waals surface area contributed by atoms with Gasteiger partial charge in [-0.25, -0.2) is 8.42 Å². The van der Waals surface area contributed by atoms with E-state index in [1.807, 2.05) is 0 Å². The summed E-state index contributed by atoms with van der Waals surface area (Å²) >= 11 is 0. The van der Waals surface area contributed by atoms with Crippen molar-refractivity contribution < 1.29 is 12.9 Å². The minimum Gasteiger partial charge on any atom is -0.340 e. The topological polar surface area (TPSA) is 105 Å². The fraction of sp³-hybridized carbons (Fsp3) is 0.643. The first-order valence-corrected chi connectivity index (χ1v) is 9.42. The van der Waals surface area contributed by atoms with Crippen LogP contribution in [0, 0.1) is 6.92 Å². The molecule has 1 aliphatic heterocycles. The fourth-order valence-electron chi connectivity index (χ4n) is 3.28. The molecule has 9 heteroatoms. The minimum absolute atomic E-state index is 0.289. The van der Waals surface area contributed by atoms with Crippen molar-refractivity contribution in [1.82, 2.24) is 25.2 Å². The Hall–Kier alpha value is -1.74. The van der Waals surface area contributed by atoms with E-state index >= 15 is 0 Å². The van der Waals surface area contributed by atoms with Crippen LogP contribution < -0.4 is 0 Å². The van der Waals surface area contributed by atoms with Crippen LogP contribution in [-0.4, -0.2) is 53.0 Å². The number of nitrogens with one attached hydrogen (secondary N) is 1. The van der Waals surface area contributed by atoms with Gasteiger partial charge in [0.2, 0.25) is 5.89 Å². The predicted molar refractivity (Wildman–Crippen MR) is 82.6 cm³/mol. The van der Waals surface area contributed by atoms with Gasteiger partial charge in [0.1, 0.15) is 4.90 Å². The minimum atomic E-state index is -3.30. The van der Waals surface area contributed by atoms with Crippen molar-refractivity contribution >= 4 is 9.84 Å². The van der Waals surface area contributed by atoms with Crippen LogP contribution in [0.15, 0.2) is 15.6 Å². The highest BCUT2D eigenvalue weighted by Gasteiger charge is 2.38. The van der Waals surface area contributed by atoms with Gasteiger partial charge < -0.3 is 4.52 Å². The lowest BCUT2D eigenvalue weighted by Gasteiger charge is -2.39. The summed E-state index contributed by atoms with van der Waals surface area (Å²) < 4.78 is 28.9. The van der Waals surface area contributed by atoms with E-state index in [2.05, 4.69) is 32.2 Å². The molecule has 0 aromatic carbocycles. The van der Waals surface area contributed by atoms with Crippen LogP contribution in [0.4, 0.5) is 0 Å². The van der Waals surface area contributed by atoms with Crippen LogP contribution in [0.1, 0.15) is 37.2 Å². The molecule has 1 fully saturated rings. The monoisotopic (exact) mass is 339 g/mol. The van der Waals surface area contributed by atoms with Crippen molar-refractivity contribution in [3.63, 3.8) is 0 Å². The van der Waals surface area contributed by atoms with Gasteiger partial charge in [-0.2, -0.15) is 10.1 Å². The number of aryl methyl sites for hydroxylation is 1. The van der Waals surface area contributed by atoms with Crippen molar-refractivity contribution in [3.05, 3.63) is 23.6 Å². The number of piperidine rings is 1. The summed E-state index contributed by atoms with van der Waals surface area (Å²) in [6.45, 7) is 6.06. The maximum absolute atomic E-state index is 12.0. The molecule has 0 radical (unpaired) electrons. The van der Waals surface area contributed by atoms with Gasteiger partial charge in [0, 0.05) is 25.1 Å². The molecule has 8 nitrogen and oxygen atoms in total. The molecule has 0 bridgehead atoms. The summed E-state index contributed by atoms with van der Waals surface area (Å²) in [4.78, 5) is 6.75. The Balaban J connectivity index is 1.83. The quantitative estimate of drug-likeness (QED) is 0.888. The van der Waals surface area contributed by atoms with Gasteiger partial charge in [-0.1, -0.05) is 12.1 Å². The third kappa shape index (κ3) is 3.30. The Morgan fingerprint density at radius 3 is 2.91 bits per heavy atom. The highest BCUT2D eigenvalue weighted by molar-refractivity contribution is 7.90. The Bertz CT molecular complexity index is 797. The summed E-state index contributed by atoms with van der Waals surface area (Å²) in [5, 5.41) is 10.8. The molecule has 1 N–H and O–H groups in total. The van der Waals surface area contributed by atoms with Crippen molar-refractivity contribution in [2.75, 3.05) is 19.3 Å². The van der Waals surface area contributed by atoms with Gasteiger partial charge in [-0.15, -0.1) is 0 Å². The molecular weight excluding hydrogens is 318 g/mol. The summed E-state index contributed by atoms with van der Waals surface area (Å²) in [7, 11) is -3.30. The van der Waals surface area contributed by atoms with E-state index in [-0.39, 0.29) is 10.3 Å². The Morgan fingerprint density at radius 2 is 2.26 bits per heavy atom. The molecule has 1 aliphatic rings. The second kappa shape index (κ2) is 5.72. The maximum Gasteiger partial charge on any atom is 0.223 e.